The van der Waals surface area contributed by atoms with E-state index in [9.17, 15) is 9.59 Å². The van der Waals surface area contributed by atoms with Crippen LogP contribution in [0.3, 0.4) is 0 Å². The van der Waals surface area contributed by atoms with Crippen molar-refractivity contribution < 1.29 is 9.59 Å². The van der Waals surface area contributed by atoms with Crippen LogP contribution in [0.15, 0.2) is 48.5 Å². The second kappa shape index (κ2) is 17.0. The molecule has 3 N–H and O–H groups in total. The average molecular weight is 773 g/mol. The van der Waals surface area contributed by atoms with Crippen molar-refractivity contribution in [1.82, 2.24) is 39.6 Å². The number of aromatic amines is 1. The van der Waals surface area contributed by atoms with Crippen molar-refractivity contribution in [2.75, 3.05) is 10.6 Å². The highest BCUT2D eigenvalue weighted by atomic mass is 16.2. The number of nitrogens with one attached hydrogen (secondary N) is 3. The van der Waals surface area contributed by atoms with E-state index >= 15 is 0 Å². The first kappa shape index (κ1) is 41.2. The number of rotatable bonds is 15. The Balaban J connectivity index is 1.34. The van der Waals surface area contributed by atoms with Crippen molar-refractivity contribution in [2.24, 2.45) is 11.8 Å². The lowest BCUT2D eigenvalue weighted by Gasteiger charge is -2.18. The van der Waals surface area contributed by atoms with Gasteiger partial charge in [-0.25, -0.2) is 9.97 Å². The van der Waals surface area contributed by atoms with Crippen molar-refractivity contribution in [2.45, 2.75) is 131 Å². The van der Waals surface area contributed by atoms with E-state index in [1.54, 1.807) is 9.26 Å². The molecule has 0 aliphatic rings. The van der Waals surface area contributed by atoms with Gasteiger partial charge in [-0.05, 0) is 80.3 Å². The van der Waals surface area contributed by atoms with Gasteiger partial charge in [0.05, 0.1) is 11.4 Å². The van der Waals surface area contributed by atoms with Crippen LogP contribution in [-0.4, -0.2) is 51.4 Å². The molecule has 2 atom stereocenters. The van der Waals surface area contributed by atoms with Crippen LogP contribution >= 0.6 is 0 Å². The minimum Gasteiger partial charge on any atom is -0.326 e. The van der Waals surface area contributed by atoms with Gasteiger partial charge in [-0.3, -0.25) is 14.7 Å². The second-order valence-electron chi connectivity index (χ2n) is 17.4. The van der Waals surface area contributed by atoms with Crippen molar-refractivity contribution in [3.05, 3.63) is 70.7 Å². The van der Waals surface area contributed by atoms with Crippen LogP contribution < -0.4 is 15.9 Å². The molecule has 0 spiro atoms. The van der Waals surface area contributed by atoms with Gasteiger partial charge in [-0.2, -0.15) is 9.73 Å². The zero-order valence-electron chi connectivity index (χ0n) is 35.5. The van der Waals surface area contributed by atoms with Crippen LogP contribution in [0.5, 0.6) is 0 Å². The van der Waals surface area contributed by atoms with Gasteiger partial charge in [0, 0.05) is 55.9 Å². The van der Waals surface area contributed by atoms with E-state index in [1.807, 2.05) is 48.5 Å². The van der Waals surface area contributed by atoms with Crippen LogP contribution in [0.2, 0.25) is 0 Å². The quantitative estimate of drug-likeness (QED) is 0.0943. The maximum absolute atomic E-state index is 12.9. The summed E-state index contributed by atoms with van der Waals surface area (Å²) in [5.74, 6) is 1.26. The van der Waals surface area contributed by atoms with Crippen LogP contribution in [0, 0.1) is 11.8 Å². The number of carbonyl (C=O) groups excluding carboxylic acids is 2. The summed E-state index contributed by atoms with van der Waals surface area (Å²) in [6.45, 7) is 21.3. The fourth-order valence-corrected chi connectivity index (χ4v) is 7.26. The van der Waals surface area contributed by atoms with E-state index in [0.717, 1.165) is 96.0 Å². The van der Waals surface area contributed by atoms with E-state index in [1.165, 1.54) is 0 Å². The molecule has 0 aliphatic carbocycles. The Morgan fingerprint density at radius 2 is 1.18 bits per heavy atom. The summed E-state index contributed by atoms with van der Waals surface area (Å²) in [6, 6.07) is 15.4. The summed E-state index contributed by atoms with van der Waals surface area (Å²) in [5.41, 5.74) is 6.69. The topological polar surface area (TPSA) is 147 Å². The molecule has 0 saturated carbocycles. The smallest absolute Gasteiger partial charge is 0.227 e. The normalized spacial score (nSPS) is 13.8. The number of nitrogens with zero attached hydrogens (tertiary/aromatic N) is 7. The molecule has 0 saturated heterocycles. The van der Waals surface area contributed by atoms with Gasteiger partial charge >= 0.3 is 0 Å². The third-order valence-corrected chi connectivity index (χ3v) is 10.7. The summed E-state index contributed by atoms with van der Waals surface area (Å²) < 4.78 is 3.36. The molecule has 6 rings (SSSR count). The zero-order valence-corrected chi connectivity index (χ0v) is 35.5. The maximum atomic E-state index is 12.9. The summed E-state index contributed by atoms with van der Waals surface area (Å²) in [4.78, 5) is 36.0. The monoisotopic (exact) mass is 772 g/mol. The van der Waals surface area contributed by atoms with Crippen molar-refractivity contribution >= 4 is 40.6 Å². The first-order chi connectivity index (χ1) is 27.1. The lowest BCUT2D eigenvalue weighted by Crippen LogP contribution is -2.22. The van der Waals surface area contributed by atoms with Crippen molar-refractivity contribution in [1.29, 1.82) is 0 Å². The Kier molecular flexibility index (Phi) is 12.3. The molecule has 0 aliphatic heterocycles. The fraction of sp³-hybridized carbons (Fsp3) is 0.489. The molecule has 2 amide bonds. The first-order valence-electron chi connectivity index (χ1n) is 20.8. The van der Waals surface area contributed by atoms with E-state index in [4.69, 9.17) is 25.3 Å². The van der Waals surface area contributed by atoms with Crippen LogP contribution in [0.1, 0.15) is 138 Å². The van der Waals surface area contributed by atoms with E-state index in [2.05, 4.69) is 91.0 Å². The zero-order chi connectivity index (χ0) is 41.1. The first-order valence-corrected chi connectivity index (χ1v) is 20.8. The third-order valence-electron chi connectivity index (χ3n) is 10.7. The molecule has 12 nitrogen and oxygen atoms in total. The lowest BCUT2D eigenvalue weighted by molar-refractivity contribution is -0.121. The highest BCUT2D eigenvalue weighted by Gasteiger charge is 2.28. The maximum Gasteiger partial charge on any atom is 0.227 e. The van der Waals surface area contributed by atoms with Gasteiger partial charge < -0.3 is 10.6 Å². The number of benzene rings is 2. The number of carbonyl (C=O) groups is 2. The Labute approximate surface area is 336 Å². The second-order valence-corrected chi connectivity index (χ2v) is 17.4. The van der Waals surface area contributed by atoms with E-state index in [-0.39, 0.29) is 34.5 Å². The van der Waals surface area contributed by atoms with Gasteiger partial charge in [-0.1, -0.05) is 94.9 Å². The fourth-order valence-electron chi connectivity index (χ4n) is 7.26. The van der Waals surface area contributed by atoms with Gasteiger partial charge in [0.15, 0.2) is 22.9 Å². The van der Waals surface area contributed by atoms with Gasteiger partial charge in [0.1, 0.15) is 0 Å². The molecule has 2 unspecified atom stereocenters. The van der Waals surface area contributed by atoms with Crippen LogP contribution in [-0.2, 0) is 20.4 Å². The Morgan fingerprint density at radius 3 is 1.63 bits per heavy atom. The summed E-state index contributed by atoms with van der Waals surface area (Å²) in [6.07, 6.45) is 9.79. The molecular weight excluding hydrogens is 713 g/mol. The molecular formula is C45H60N10O2. The number of H-pyrrole nitrogens is 1. The summed E-state index contributed by atoms with van der Waals surface area (Å²) in [7, 11) is 0. The lowest BCUT2D eigenvalue weighted by atomic mass is 9.88. The number of anilines is 2. The van der Waals surface area contributed by atoms with Crippen molar-refractivity contribution in [3.8, 4) is 22.8 Å². The number of fused-ring (bicyclic) bond motifs is 2. The molecule has 12 heteroatoms. The van der Waals surface area contributed by atoms with E-state index in [0.29, 0.717) is 22.9 Å². The standard InChI is InChI=1S/C45H60N10O2/c1-11-15-17-28(13-3)42(56)46-32-23-19-30(20-24-32)38-48-40-34(36(44(5,6)7)50-54(40)52-38)27-35-37(45(8,9)10)51-55-41(35)49-39(53-55)31-21-25-33(26-22-31)47-43(57)29(14-4)18-16-12-2/h19-29,50H,11-18H2,1-10H3,(H,46,56)(H,47,57). The largest absolute Gasteiger partial charge is 0.326 e. The van der Waals surface area contributed by atoms with Gasteiger partial charge in [0.2, 0.25) is 11.8 Å². The predicted molar refractivity (Wildman–Crippen MR) is 229 cm³/mol. The van der Waals surface area contributed by atoms with Crippen molar-refractivity contribution in [3.63, 3.8) is 0 Å². The van der Waals surface area contributed by atoms with Crippen LogP contribution in [0.25, 0.3) is 40.1 Å². The Hall–Kier alpha value is -5.39. The predicted octanol–water partition coefficient (Wildman–Crippen LogP) is 9.28. The number of unbranched alkanes of at least 4 members (excludes halogenated alkanes) is 2. The van der Waals surface area contributed by atoms with E-state index < -0.39 is 0 Å². The number of amides is 2. The SMILES string of the molecule is CCCCC(CC)C(=O)Nc1ccc(-c2nc3c(=Cc4c(C(C)(C)C)[nH]n5nc(-c6ccc(NC(=O)C(CC)CCCC)cc6)nc45)c(C(C)(C)C)nn3n2)cc1. The molecule has 0 radical (unpaired) electrons. The highest BCUT2D eigenvalue weighted by Crippen LogP contribution is 2.31. The molecule has 0 bridgehead atoms. The summed E-state index contributed by atoms with van der Waals surface area (Å²) in [5, 5.41) is 25.2. The van der Waals surface area contributed by atoms with Crippen LogP contribution in [0.4, 0.5) is 11.4 Å². The Morgan fingerprint density at radius 1 is 0.684 bits per heavy atom. The van der Waals surface area contributed by atoms with Gasteiger partial charge in [0.25, 0.3) is 0 Å². The minimum absolute atomic E-state index is 0.00708. The number of aromatic nitrogens is 8. The molecule has 2 aromatic carbocycles. The van der Waals surface area contributed by atoms with Gasteiger partial charge in [-0.15, -0.1) is 14.8 Å². The highest BCUT2D eigenvalue weighted by molar-refractivity contribution is 5.93. The minimum atomic E-state index is -0.306. The summed E-state index contributed by atoms with van der Waals surface area (Å²) >= 11 is 0. The molecule has 4 heterocycles. The molecule has 4 aromatic heterocycles. The third kappa shape index (κ3) is 9.10. The number of hydrogen-bond donors (Lipinski definition) is 3. The Bertz CT molecular complexity index is 2370. The number of hydrogen-bond acceptors (Lipinski definition) is 7. The molecule has 302 valence electrons. The molecule has 6 aromatic rings. The average Bonchev–Trinajstić information content (AvgIpc) is 3.94. The molecule has 57 heavy (non-hydrogen) atoms. The molecule has 0 fully saturated rings.